The maximum atomic E-state index is 12.3. The summed E-state index contributed by atoms with van der Waals surface area (Å²) in [5.41, 5.74) is 3.44. The number of methoxy groups -OCH3 is 3. The van der Waals surface area contributed by atoms with Gasteiger partial charge in [0, 0.05) is 36.6 Å². The zero-order chi connectivity index (χ0) is 25.9. The van der Waals surface area contributed by atoms with E-state index in [1.165, 1.54) is 17.6 Å². The van der Waals surface area contributed by atoms with Gasteiger partial charge in [0.15, 0.2) is 17.3 Å². The highest BCUT2D eigenvalue weighted by Gasteiger charge is 2.26. The van der Waals surface area contributed by atoms with Gasteiger partial charge in [-0.3, -0.25) is 0 Å². The molecule has 1 aliphatic rings. The molecular formula is C24H28ClN5O5S. The summed E-state index contributed by atoms with van der Waals surface area (Å²) < 4.78 is 42.4. The van der Waals surface area contributed by atoms with Crippen molar-refractivity contribution in [2.45, 2.75) is 19.9 Å². The lowest BCUT2D eigenvalue weighted by Crippen LogP contribution is -2.37. The zero-order valence-electron chi connectivity index (χ0n) is 20.5. The van der Waals surface area contributed by atoms with Crippen molar-refractivity contribution in [2.75, 3.05) is 44.3 Å². The fourth-order valence-electron chi connectivity index (χ4n) is 4.05. The Morgan fingerprint density at radius 2 is 1.81 bits per heavy atom. The summed E-state index contributed by atoms with van der Waals surface area (Å²) in [5.74, 6) is 2.26. The Labute approximate surface area is 215 Å². The molecule has 2 aromatic carbocycles. The number of hydrogen-bond acceptors (Lipinski definition) is 9. The Kier molecular flexibility index (Phi) is 7.72. The van der Waals surface area contributed by atoms with E-state index in [0.29, 0.717) is 59.2 Å². The van der Waals surface area contributed by atoms with Gasteiger partial charge in [0.25, 0.3) is 0 Å². The number of anilines is 4. The highest BCUT2D eigenvalue weighted by Crippen LogP contribution is 2.40. The molecule has 4 rings (SSSR count). The maximum absolute atomic E-state index is 12.3. The van der Waals surface area contributed by atoms with Crippen molar-refractivity contribution < 1.29 is 22.6 Å². The van der Waals surface area contributed by atoms with Gasteiger partial charge in [0.2, 0.25) is 21.7 Å². The first kappa shape index (κ1) is 25.8. The van der Waals surface area contributed by atoms with Gasteiger partial charge in [-0.05, 0) is 30.5 Å². The number of ether oxygens (including phenoxy) is 3. The number of sulfonamides is 1. The molecule has 3 aromatic rings. The normalized spacial score (nSPS) is 13.6. The predicted molar refractivity (Wildman–Crippen MR) is 140 cm³/mol. The van der Waals surface area contributed by atoms with Gasteiger partial charge >= 0.3 is 0 Å². The summed E-state index contributed by atoms with van der Waals surface area (Å²) in [4.78, 5) is 8.83. The van der Waals surface area contributed by atoms with E-state index in [9.17, 15) is 8.42 Å². The third-order valence-electron chi connectivity index (χ3n) is 5.91. The van der Waals surface area contributed by atoms with Crippen LogP contribution >= 0.6 is 11.6 Å². The fraction of sp³-hybridized carbons (Fsp3) is 0.333. The zero-order valence-corrected chi connectivity index (χ0v) is 22.0. The van der Waals surface area contributed by atoms with Gasteiger partial charge in [0.1, 0.15) is 5.02 Å². The number of halogens is 1. The molecule has 1 aliphatic heterocycles. The third kappa shape index (κ3) is 5.28. The number of aromatic nitrogens is 2. The Balaban J connectivity index is 1.60. The minimum Gasteiger partial charge on any atom is -0.493 e. The molecule has 12 heteroatoms. The van der Waals surface area contributed by atoms with Crippen LogP contribution in [0.25, 0.3) is 0 Å². The second-order valence-electron chi connectivity index (χ2n) is 7.98. The summed E-state index contributed by atoms with van der Waals surface area (Å²) in [6.07, 6.45) is 2.08. The predicted octanol–water partition coefficient (Wildman–Crippen LogP) is 4.35. The molecule has 10 nitrogen and oxygen atoms in total. The van der Waals surface area contributed by atoms with Gasteiger partial charge in [-0.2, -0.15) is 9.29 Å². The van der Waals surface area contributed by atoms with Crippen LogP contribution < -0.4 is 24.8 Å². The van der Waals surface area contributed by atoms with Crippen LogP contribution in [0.15, 0.2) is 36.5 Å². The fourth-order valence-corrected chi connectivity index (χ4v) is 5.25. The highest BCUT2D eigenvalue weighted by molar-refractivity contribution is 7.89. The quantitative estimate of drug-likeness (QED) is 0.414. The molecule has 0 atom stereocenters. The first-order valence-electron chi connectivity index (χ1n) is 11.2. The smallest absolute Gasteiger partial charge is 0.229 e. The van der Waals surface area contributed by atoms with E-state index < -0.39 is 10.0 Å². The standard InChI is InChI=1S/C24H28ClN5O5S/c1-5-36(31,32)30-10-9-17-15(14-30)7-6-8-19(17)28-23-18(25)13-26-24(29-23)27-16-11-20(33-2)22(35-4)21(12-16)34-3/h6-8,11-13H,5,9-10,14H2,1-4H3,(H2,26,27,28,29). The molecule has 2 N–H and O–H groups in total. The lowest BCUT2D eigenvalue weighted by Gasteiger charge is -2.29. The minimum atomic E-state index is -3.26. The maximum Gasteiger partial charge on any atom is 0.229 e. The van der Waals surface area contributed by atoms with Crippen LogP contribution in [0.1, 0.15) is 18.1 Å². The van der Waals surface area contributed by atoms with Crippen LogP contribution in [0.2, 0.25) is 5.02 Å². The number of nitrogens with zero attached hydrogens (tertiary/aromatic N) is 3. The van der Waals surface area contributed by atoms with Crippen LogP contribution in [0.5, 0.6) is 17.2 Å². The first-order chi connectivity index (χ1) is 17.3. The average molecular weight is 534 g/mol. The molecule has 192 valence electrons. The summed E-state index contributed by atoms with van der Waals surface area (Å²) in [6.45, 7) is 2.42. The number of hydrogen-bond donors (Lipinski definition) is 2. The van der Waals surface area contributed by atoms with Gasteiger partial charge in [0.05, 0.1) is 33.3 Å². The monoisotopic (exact) mass is 533 g/mol. The summed E-state index contributed by atoms with van der Waals surface area (Å²) in [7, 11) is 1.36. The summed E-state index contributed by atoms with van der Waals surface area (Å²) >= 11 is 6.41. The van der Waals surface area contributed by atoms with E-state index in [1.807, 2.05) is 18.2 Å². The SMILES string of the molecule is CCS(=O)(=O)N1CCc2c(cccc2Nc2nc(Nc3cc(OC)c(OC)c(OC)c3)ncc2Cl)C1. The molecule has 36 heavy (non-hydrogen) atoms. The molecule has 1 aromatic heterocycles. The molecule has 0 bridgehead atoms. The van der Waals surface area contributed by atoms with E-state index in [2.05, 4.69) is 20.6 Å². The lowest BCUT2D eigenvalue weighted by atomic mass is 9.99. The van der Waals surface area contributed by atoms with Crippen LogP contribution in [-0.4, -0.2) is 56.3 Å². The second kappa shape index (κ2) is 10.8. The van der Waals surface area contributed by atoms with Crippen molar-refractivity contribution in [1.29, 1.82) is 0 Å². The van der Waals surface area contributed by atoms with Crippen molar-refractivity contribution in [3.8, 4) is 17.2 Å². The number of benzene rings is 2. The Hall–Kier alpha value is -3.28. The Morgan fingerprint density at radius 3 is 2.44 bits per heavy atom. The van der Waals surface area contributed by atoms with Crippen molar-refractivity contribution in [2.24, 2.45) is 0 Å². The number of rotatable bonds is 9. The van der Waals surface area contributed by atoms with Crippen molar-refractivity contribution >= 4 is 44.8 Å². The van der Waals surface area contributed by atoms with E-state index in [4.69, 9.17) is 25.8 Å². The van der Waals surface area contributed by atoms with Gasteiger partial charge in [-0.1, -0.05) is 23.7 Å². The van der Waals surface area contributed by atoms with Gasteiger partial charge in [-0.15, -0.1) is 0 Å². The summed E-state index contributed by atoms with van der Waals surface area (Å²) in [6, 6.07) is 9.24. The van der Waals surface area contributed by atoms with Crippen molar-refractivity contribution in [3.63, 3.8) is 0 Å². The van der Waals surface area contributed by atoms with Crippen LogP contribution in [0.4, 0.5) is 23.1 Å². The molecule has 0 fully saturated rings. The largest absolute Gasteiger partial charge is 0.493 e. The molecule has 0 spiro atoms. The van der Waals surface area contributed by atoms with Gasteiger partial charge in [-0.25, -0.2) is 13.4 Å². The molecular weight excluding hydrogens is 506 g/mol. The molecule has 0 radical (unpaired) electrons. The van der Waals surface area contributed by atoms with Crippen molar-refractivity contribution in [3.05, 3.63) is 52.7 Å². The highest BCUT2D eigenvalue weighted by atomic mass is 35.5. The Bertz CT molecular complexity index is 1340. The number of fused-ring (bicyclic) bond motifs is 1. The summed E-state index contributed by atoms with van der Waals surface area (Å²) in [5, 5.41) is 6.78. The molecule has 0 unspecified atom stereocenters. The lowest BCUT2D eigenvalue weighted by molar-refractivity contribution is 0.324. The van der Waals surface area contributed by atoms with E-state index >= 15 is 0 Å². The molecule has 0 saturated heterocycles. The van der Waals surface area contributed by atoms with Crippen LogP contribution in [-0.2, 0) is 23.0 Å². The van der Waals surface area contributed by atoms with E-state index in [-0.39, 0.29) is 5.75 Å². The third-order valence-corrected chi connectivity index (χ3v) is 8.01. The van der Waals surface area contributed by atoms with E-state index in [1.54, 1.807) is 33.3 Å². The van der Waals surface area contributed by atoms with Crippen LogP contribution in [0.3, 0.4) is 0 Å². The topological polar surface area (TPSA) is 115 Å². The molecule has 0 amide bonds. The Morgan fingerprint density at radius 1 is 1.08 bits per heavy atom. The van der Waals surface area contributed by atoms with Crippen molar-refractivity contribution in [1.82, 2.24) is 14.3 Å². The van der Waals surface area contributed by atoms with Crippen LogP contribution in [0, 0.1) is 0 Å². The average Bonchev–Trinajstić information content (AvgIpc) is 2.89. The first-order valence-corrected chi connectivity index (χ1v) is 13.2. The minimum absolute atomic E-state index is 0.0819. The molecule has 2 heterocycles. The molecule has 0 aliphatic carbocycles. The van der Waals surface area contributed by atoms with E-state index in [0.717, 1.165) is 16.8 Å². The molecule has 0 saturated carbocycles. The number of nitrogens with one attached hydrogen (secondary N) is 2. The second-order valence-corrected chi connectivity index (χ2v) is 10.6. The van der Waals surface area contributed by atoms with Gasteiger partial charge < -0.3 is 24.8 Å².